The van der Waals surface area contributed by atoms with Crippen LogP contribution in [0.1, 0.15) is 31.1 Å². The number of fused-ring (bicyclic) bond motifs is 2. The molecule has 0 spiro atoms. The molecule has 12 nitrogen and oxygen atoms in total. The molecule has 4 aromatic rings. The van der Waals surface area contributed by atoms with E-state index in [9.17, 15) is 17.2 Å². The van der Waals surface area contributed by atoms with Gasteiger partial charge in [-0.05, 0) is 25.0 Å². The van der Waals surface area contributed by atoms with Crippen LogP contribution in [0.25, 0.3) is 28.0 Å². The Balaban J connectivity index is 1.51. The lowest BCUT2D eigenvalue weighted by Gasteiger charge is -2.31. The highest BCUT2D eigenvalue weighted by molar-refractivity contribution is 7.90. The van der Waals surface area contributed by atoms with E-state index in [2.05, 4.69) is 10.1 Å². The number of rotatable bonds is 7. The van der Waals surface area contributed by atoms with Crippen molar-refractivity contribution < 1.29 is 26.7 Å². The number of anilines is 1. The van der Waals surface area contributed by atoms with E-state index in [-0.39, 0.29) is 30.6 Å². The van der Waals surface area contributed by atoms with Crippen LogP contribution in [0.5, 0.6) is 5.75 Å². The van der Waals surface area contributed by atoms with Crippen LogP contribution in [0.4, 0.5) is 14.6 Å². The minimum atomic E-state index is -3.52. The first-order valence-corrected chi connectivity index (χ1v) is 14.9. The maximum atomic E-state index is 14.3. The van der Waals surface area contributed by atoms with E-state index in [0.29, 0.717) is 67.3 Å². The summed E-state index contributed by atoms with van der Waals surface area (Å²) in [4.78, 5) is 15.8. The molecule has 2 saturated heterocycles. The molecule has 5 heterocycles. The SMILES string of the molecule is COc1cccc2c1nc(C(F)F)n2-c1nc(N2CCOCC2)c2cnn(C3CCN(S(=O)(=O)CCl)CC3)c2n1. The van der Waals surface area contributed by atoms with Crippen LogP contribution in [-0.4, -0.2) is 93.7 Å². The highest BCUT2D eigenvalue weighted by atomic mass is 35.5. The summed E-state index contributed by atoms with van der Waals surface area (Å²) in [6, 6.07) is 4.87. The average Bonchev–Trinajstić information content (AvgIpc) is 3.59. The number of methoxy groups -OCH3 is 1. The van der Waals surface area contributed by atoms with Crippen LogP contribution in [0.2, 0.25) is 0 Å². The highest BCUT2D eigenvalue weighted by Crippen LogP contribution is 2.35. The zero-order valence-electron chi connectivity index (χ0n) is 21.6. The van der Waals surface area contributed by atoms with E-state index in [1.807, 2.05) is 4.90 Å². The molecule has 3 aromatic heterocycles. The van der Waals surface area contributed by atoms with Crippen molar-refractivity contribution in [1.29, 1.82) is 0 Å². The maximum absolute atomic E-state index is 14.3. The van der Waals surface area contributed by atoms with Gasteiger partial charge in [0.2, 0.25) is 16.0 Å². The third-order valence-corrected chi connectivity index (χ3v) is 9.58. The quantitative estimate of drug-likeness (QED) is 0.296. The Kier molecular flexibility index (Phi) is 7.23. The Hall–Kier alpha value is -3.14. The Morgan fingerprint density at radius 1 is 1.12 bits per heavy atom. The molecule has 0 saturated carbocycles. The van der Waals surface area contributed by atoms with Crippen molar-refractivity contribution in [3.8, 4) is 11.7 Å². The molecule has 0 atom stereocenters. The van der Waals surface area contributed by atoms with Gasteiger partial charge in [0.05, 0.1) is 43.5 Å². The number of benzene rings is 1. The van der Waals surface area contributed by atoms with Gasteiger partial charge in [-0.2, -0.15) is 15.1 Å². The molecule has 0 unspecified atom stereocenters. The van der Waals surface area contributed by atoms with E-state index < -0.39 is 27.5 Å². The number of para-hydroxylation sites is 1. The van der Waals surface area contributed by atoms with Crippen molar-refractivity contribution in [3.63, 3.8) is 0 Å². The van der Waals surface area contributed by atoms with E-state index in [4.69, 9.17) is 31.0 Å². The molecule has 1 aromatic carbocycles. The number of nitrogens with zero attached hydrogens (tertiary/aromatic N) is 8. The minimum absolute atomic E-state index is 0.0314. The molecule has 2 aliphatic heterocycles. The number of ether oxygens (including phenoxy) is 2. The summed E-state index contributed by atoms with van der Waals surface area (Å²) in [6.45, 7) is 2.69. The van der Waals surface area contributed by atoms with E-state index in [0.717, 1.165) is 0 Å². The Bertz CT molecular complexity index is 1650. The van der Waals surface area contributed by atoms with Gasteiger partial charge in [-0.3, -0.25) is 4.57 Å². The highest BCUT2D eigenvalue weighted by Gasteiger charge is 2.31. The second-order valence-electron chi connectivity index (χ2n) is 9.56. The third-order valence-electron chi connectivity index (χ3n) is 7.32. The molecule has 0 N–H and O–H groups in total. The molecule has 6 rings (SSSR count). The summed E-state index contributed by atoms with van der Waals surface area (Å²) in [5, 5.41) is 4.82. The number of sulfonamides is 1. The maximum Gasteiger partial charge on any atom is 0.296 e. The van der Waals surface area contributed by atoms with Gasteiger partial charge < -0.3 is 14.4 Å². The van der Waals surface area contributed by atoms with Gasteiger partial charge in [0, 0.05) is 26.2 Å². The lowest BCUT2D eigenvalue weighted by molar-refractivity contribution is 0.122. The van der Waals surface area contributed by atoms with E-state index in [1.54, 1.807) is 29.1 Å². The first-order valence-electron chi connectivity index (χ1n) is 12.8. The Morgan fingerprint density at radius 3 is 2.55 bits per heavy atom. The smallest absolute Gasteiger partial charge is 0.296 e. The van der Waals surface area contributed by atoms with E-state index in [1.165, 1.54) is 16.0 Å². The first kappa shape index (κ1) is 27.1. The fraction of sp³-hybridized carbons (Fsp3) is 0.500. The molecule has 40 heavy (non-hydrogen) atoms. The predicted octanol–water partition coefficient (Wildman–Crippen LogP) is 3.11. The molecule has 0 radical (unpaired) electrons. The second-order valence-corrected chi connectivity index (χ2v) is 12.1. The molecule has 2 aliphatic rings. The number of imidazole rings is 1. The molecular formula is C24H27ClF2N8O4S. The summed E-state index contributed by atoms with van der Waals surface area (Å²) in [6.07, 6.45) is -0.241. The molecule has 16 heteroatoms. The van der Waals surface area contributed by atoms with Gasteiger partial charge in [0.25, 0.3) is 6.43 Å². The fourth-order valence-electron chi connectivity index (χ4n) is 5.33. The summed E-state index contributed by atoms with van der Waals surface area (Å²) < 4.78 is 68.5. The summed E-state index contributed by atoms with van der Waals surface area (Å²) in [5.41, 5.74) is 1.13. The Labute approximate surface area is 233 Å². The first-order chi connectivity index (χ1) is 19.3. The number of piperidine rings is 1. The van der Waals surface area contributed by atoms with Crippen LogP contribution in [0, 0.1) is 0 Å². The van der Waals surface area contributed by atoms with Crippen LogP contribution in [-0.2, 0) is 14.8 Å². The second kappa shape index (κ2) is 10.7. The molecule has 214 valence electrons. The van der Waals surface area contributed by atoms with Crippen molar-refractivity contribution in [2.24, 2.45) is 0 Å². The summed E-state index contributed by atoms with van der Waals surface area (Å²) in [5.74, 6) is 0.444. The lowest BCUT2D eigenvalue weighted by Crippen LogP contribution is -2.39. The third kappa shape index (κ3) is 4.63. The van der Waals surface area contributed by atoms with Gasteiger partial charge in [-0.15, -0.1) is 11.6 Å². The van der Waals surface area contributed by atoms with Crippen molar-refractivity contribution in [3.05, 3.63) is 30.2 Å². The van der Waals surface area contributed by atoms with Gasteiger partial charge in [0.15, 0.2) is 11.5 Å². The Morgan fingerprint density at radius 2 is 1.88 bits per heavy atom. The van der Waals surface area contributed by atoms with Crippen molar-refractivity contribution in [2.45, 2.75) is 25.3 Å². The number of hydrogen-bond donors (Lipinski definition) is 0. The largest absolute Gasteiger partial charge is 0.494 e. The lowest BCUT2D eigenvalue weighted by atomic mass is 10.1. The molecule has 2 fully saturated rings. The molecule has 0 amide bonds. The average molecular weight is 597 g/mol. The predicted molar refractivity (Wildman–Crippen MR) is 144 cm³/mol. The normalized spacial score (nSPS) is 17.9. The number of morpholine rings is 1. The van der Waals surface area contributed by atoms with Crippen molar-refractivity contribution in [2.75, 3.05) is 56.6 Å². The number of aromatic nitrogens is 6. The molecule has 0 bridgehead atoms. The van der Waals surface area contributed by atoms with Crippen molar-refractivity contribution >= 4 is 49.5 Å². The minimum Gasteiger partial charge on any atom is -0.494 e. The monoisotopic (exact) mass is 596 g/mol. The fourth-order valence-corrected chi connectivity index (χ4v) is 6.65. The summed E-state index contributed by atoms with van der Waals surface area (Å²) in [7, 11) is -2.06. The molecular weight excluding hydrogens is 570 g/mol. The number of hydrogen-bond acceptors (Lipinski definition) is 9. The van der Waals surface area contributed by atoms with Gasteiger partial charge >= 0.3 is 0 Å². The van der Waals surface area contributed by atoms with Crippen LogP contribution < -0.4 is 9.64 Å². The molecule has 0 aliphatic carbocycles. The van der Waals surface area contributed by atoms with Gasteiger partial charge in [0.1, 0.15) is 22.3 Å². The topological polar surface area (TPSA) is 120 Å². The number of halogens is 3. The van der Waals surface area contributed by atoms with Crippen LogP contribution >= 0.6 is 11.6 Å². The zero-order valence-corrected chi connectivity index (χ0v) is 23.2. The van der Waals surface area contributed by atoms with E-state index >= 15 is 0 Å². The zero-order chi connectivity index (χ0) is 28.0. The van der Waals surface area contributed by atoms with Crippen molar-refractivity contribution in [1.82, 2.24) is 33.6 Å². The number of alkyl halides is 3. The standard InChI is InChI=1S/C24H27ClF2N8O4S/c1-38-18-4-2-3-17-19(18)29-23(20(26)27)34(17)24-30-21(32-9-11-39-12-10-32)16-13-28-35(22(16)31-24)15-5-7-33(8-6-15)40(36,37)14-25/h2-4,13,15,20H,5-12,14H2,1H3. The van der Waals surface area contributed by atoms with Gasteiger partial charge in [-0.25, -0.2) is 31.2 Å². The van der Waals surface area contributed by atoms with Gasteiger partial charge in [-0.1, -0.05) is 6.07 Å². The van der Waals surface area contributed by atoms with Crippen LogP contribution in [0.3, 0.4) is 0 Å². The summed E-state index contributed by atoms with van der Waals surface area (Å²) >= 11 is 5.65. The van der Waals surface area contributed by atoms with Crippen LogP contribution in [0.15, 0.2) is 24.4 Å².